The fourth-order valence-electron chi connectivity index (χ4n) is 1.24. The van der Waals surface area contributed by atoms with E-state index in [0.29, 0.717) is 23.2 Å². The van der Waals surface area contributed by atoms with Crippen molar-refractivity contribution >= 4 is 11.7 Å². The topological polar surface area (TPSA) is 62.1 Å². The van der Waals surface area contributed by atoms with Crippen molar-refractivity contribution in [2.75, 3.05) is 12.4 Å². The third-order valence-electron chi connectivity index (χ3n) is 2.32. The predicted molar refractivity (Wildman–Crippen MR) is 65.8 cm³/mol. The number of anilines is 1. The number of nitrogens with one attached hydrogen (secondary N) is 1. The molecule has 1 N–H and O–H groups in total. The maximum Gasteiger partial charge on any atom is 0.338 e. The summed E-state index contributed by atoms with van der Waals surface area (Å²) in [6.45, 7) is 5.42. The van der Waals surface area contributed by atoms with Crippen LogP contribution in [0, 0.1) is 11.3 Å². The Morgan fingerprint density at radius 1 is 1.59 bits per heavy atom. The lowest BCUT2D eigenvalue weighted by Gasteiger charge is -2.11. The van der Waals surface area contributed by atoms with Crippen LogP contribution in [0.5, 0.6) is 5.75 Å². The van der Waals surface area contributed by atoms with Crippen molar-refractivity contribution in [2.24, 2.45) is 0 Å². The molecular weight excluding hydrogens is 216 g/mol. The molecule has 1 aromatic carbocycles. The fourth-order valence-corrected chi connectivity index (χ4v) is 1.24. The van der Waals surface area contributed by atoms with Crippen LogP contribution in [0.1, 0.15) is 18.9 Å². The molecule has 0 unspecified atom stereocenters. The molecule has 4 nitrogen and oxygen atoms in total. The molecule has 1 rings (SSSR count). The number of esters is 1. The Bertz CT molecular complexity index is 487. The average molecular weight is 230 g/mol. The quantitative estimate of drug-likeness (QED) is 0.490. The Kier molecular flexibility index (Phi) is 4.29. The van der Waals surface area contributed by atoms with Crippen molar-refractivity contribution < 1.29 is 9.53 Å². The molecule has 1 aromatic rings. The van der Waals surface area contributed by atoms with Crippen molar-refractivity contribution in [2.45, 2.75) is 13.3 Å². The smallest absolute Gasteiger partial charge is 0.338 e. The summed E-state index contributed by atoms with van der Waals surface area (Å²) in [7, 11) is 1.70. The molecule has 88 valence electrons. The largest absolute Gasteiger partial charge is 0.420 e. The van der Waals surface area contributed by atoms with E-state index in [1.807, 2.05) is 13.0 Å². The summed E-state index contributed by atoms with van der Waals surface area (Å²) in [5, 5.41) is 11.8. The molecular formula is C13H14N2O2. The highest BCUT2D eigenvalue weighted by atomic mass is 16.5. The fraction of sp³-hybridized carbons (Fsp3) is 0.231. The molecule has 0 saturated carbocycles. The molecule has 0 amide bonds. The van der Waals surface area contributed by atoms with Gasteiger partial charge in [-0.05, 0) is 18.6 Å². The zero-order valence-electron chi connectivity index (χ0n) is 9.91. The number of hydrogen-bond acceptors (Lipinski definition) is 4. The minimum Gasteiger partial charge on any atom is -0.420 e. The van der Waals surface area contributed by atoms with E-state index >= 15 is 0 Å². The number of hydrogen-bond donors (Lipinski definition) is 1. The van der Waals surface area contributed by atoms with Crippen LogP contribution in [-0.4, -0.2) is 13.0 Å². The highest BCUT2D eigenvalue weighted by Crippen LogP contribution is 2.28. The molecule has 0 aliphatic rings. The number of carbonyl (C=O) groups excluding carboxylic acids is 1. The first-order valence-corrected chi connectivity index (χ1v) is 5.24. The van der Waals surface area contributed by atoms with E-state index in [0.717, 1.165) is 0 Å². The van der Waals surface area contributed by atoms with Crippen molar-refractivity contribution in [3.8, 4) is 11.8 Å². The minimum atomic E-state index is -0.508. The summed E-state index contributed by atoms with van der Waals surface area (Å²) in [5.74, 6) is -0.260. The zero-order valence-corrected chi connectivity index (χ0v) is 9.91. The summed E-state index contributed by atoms with van der Waals surface area (Å²) in [6.07, 6.45) is 0.516. The number of carbonyl (C=O) groups is 1. The second-order valence-electron chi connectivity index (χ2n) is 3.39. The van der Waals surface area contributed by atoms with Gasteiger partial charge in [0.1, 0.15) is 6.07 Å². The molecule has 0 fully saturated rings. The molecule has 0 radical (unpaired) electrons. The van der Waals surface area contributed by atoms with E-state index in [-0.39, 0.29) is 5.75 Å². The second-order valence-corrected chi connectivity index (χ2v) is 3.39. The first kappa shape index (κ1) is 12.8. The molecule has 0 spiro atoms. The van der Waals surface area contributed by atoms with Crippen LogP contribution in [0.3, 0.4) is 0 Å². The van der Waals surface area contributed by atoms with E-state index in [2.05, 4.69) is 11.9 Å². The lowest BCUT2D eigenvalue weighted by atomic mass is 10.2. The Labute approximate surface area is 101 Å². The van der Waals surface area contributed by atoms with Gasteiger partial charge in [-0.1, -0.05) is 19.6 Å². The van der Waals surface area contributed by atoms with Crippen LogP contribution in [0.15, 0.2) is 30.4 Å². The molecule has 17 heavy (non-hydrogen) atoms. The van der Waals surface area contributed by atoms with Crippen molar-refractivity contribution in [1.29, 1.82) is 5.26 Å². The molecule has 4 heteroatoms. The van der Waals surface area contributed by atoms with Gasteiger partial charge in [0.15, 0.2) is 5.75 Å². The van der Waals surface area contributed by atoms with Crippen LogP contribution < -0.4 is 10.1 Å². The van der Waals surface area contributed by atoms with Gasteiger partial charge in [0.2, 0.25) is 0 Å². The average Bonchev–Trinajstić information content (AvgIpc) is 2.37. The van der Waals surface area contributed by atoms with E-state index in [1.54, 1.807) is 25.2 Å². The number of nitriles is 1. The van der Waals surface area contributed by atoms with E-state index in [1.165, 1.54) is 0 Å². The van der Waals surface area contributed by atoms with Crippen LogP contribution in [-0.2, 0) is 4.79 Å². The van der Waals surface area contributed by atoms with Gasteiger partial charge in [-0.2, -0.15) is 5.26 Å². The molecule has 0 heterocycles. The number of para-hydroxylation sites is 1. The van der Waals surface area contributed by atoms with Gasteiger partial charge in [0, 0.05) is 12.6 Å². The van der Waals surface area contributed by atoms with Gasteiger partial charge >= 0.3 is 5.97 Å². The third kappa shape index (κ3) is 2.85. The lowest BCUT2D eigenvalue weighted by molar-refractivity contribution is -0.130. The summed E-state index contributed by atoms with van der Waals surface area (Å²) in [6, 6.07) is 7.03. The molecule has 0 atom stereocenters. The standard InChI is InChI=1S/C13H14N2O2/c1-4-9(2)13(16)17-12-10(8-14)6-5-7-11(12)15-3/h5-7,15H,2,4H2,1,3H3. The van der Waals surface area contributed by atoms with E-state index < -0.39 is 5.97 Å². The normalized spacial score (nSPS) is 9.24. The lowest BCUT2D eigenvalue weighted by Crippen LogP contribution is -2.12. The van der Waals surface area contributed by atoms with Crippen LogP contribution in [0.2, 0.25) is 0 Å². The highest BCUT2D eigenvalue weighted by Gasteiger charge is 2.14. The highest BCUT2D eigenvalue weighted by molar-refractivity contribution is 5.90. The van der Waals surface area contributed by atoms with Gasteiger partial charge in [0.05, 0.1) is 11.3 Å². The summed E-state index contributed by atoms with van der Waals surface area (Å²) in [5.41, 5.74) is 1.29. The number of nitrogens with zero attached hydrogens (tertiary/aromatic N) is 1. The first-order chi connectivity index (χ1) is 8.13. The Hall–Kier alpha value is -2.28. The van der Waals surface area contributed by atoms with Crippen molar-refractivity contribution in [3.63, 3.8) is 0 Å². The number of benzene rings is 1. The van der Waals surface area contributed by atoms with E-state index in [9.17, 15) is 4.79 Å². The van der Waals surface area contributed by atoms with Gasteiger partial charge in [-0.25, -0.2) is 4.79 Å². The summed E-state index contributed by atoms with van der Waals surface area (Å²) >= 11 is 0. The minimum absolute atomic E-state index is 0.247. The second kappa shape index (κ2) is 5.71. The Balaban J connectivity index is 3.09. The SMILES string of the molecule is C=C(CC)C(=O)Oc1c(C#N)cccc1NC. The number of rotatable bonds is 4. The van der Waals surface area contributed by atoms with Crippen LogP contribution in [0.4, 0.5) is 5.69 Å². The molecule has 0 aromatic heterocycles. The van der Waals surface area contributed by atoms with Gasteiger partial charge in [0.25, 0.3) is 0 Å². The van der Waals surface area contributed by atoms with Crippen LogP contribution in [0.25, 0.3) is 0 Å². The van der Waals surface area contributed by atoms with Crippen molar-refractivity contribution in [1.82, 2.24) is 0 Å². The third-order valence-corrected chi connectivity index (χ3v) is 2.32. The Morgan fingerprint density at radius 2 is 2.29 bits per heavy atom. The predicted octanol–water partition coefficient (Wildman–Crippen LogP) is 2.47. The summed E-state index contributed by atoms with van der Waals surface area (Å²) < 4.78 is 5.19. The Morgan fingerprint density at radius 3 is 2.82 bits per heavy atom. The van der Waals surface area contributed by atoms with Crippen molar-refractivity contribution in [3.05, 3.63) is 35.9 Å². The maximum atomic E-state index is 11.6. The monoisotopic (exact) mass is 230 g/mol. The number of ether oxygens (including phenoxy) is 1. The summed E-state index contributed by atoms with van der Waals surface area (Å²) in [4.78, 5) is 11.6. The molecule has 0 saturated heterocycles. The van der Waals surface area contributed by atoms with Gasteiger partial charge < -0.3 is 10.1 Å². The van der Waals surface area contributed by atoms with E-state index in [4.69, 9.17) is 10.00 Å². The molecule has 0 aliphatic carbocycles. The van der Waals surface area contributed by atoms with Gasteiger partial charge in [-0.15, -0.1) is 0 Å². The molecule has 0 aliphatic heterocycles. The first-order valence-electron chi connectivity index (χ1n) is 5.24. The maximum absolute atomic E-state index is 11.6. The molecule has 0 bridgehead atoms. The van der Waals surface area contributed by atoms with Crippen LogP contribution >= 0.6 is 0 Å². The van der Waals surface area contributed by atoms with Gasteiger partial charge in [-0.3, -0.25) is 0 Å². The zero-order chi connectivity index (χ0) is 12.8.